The Balaban J connectivity index is 3.63. The van der Waals surface area contributed by atoms with Gasteiger partial charge < -0.3 is 16.0 Å². The van der Waals surface area contributed by atoms with Crippen LogP contribution >= 0.6 is 0 Å². The lowest BCUT2D eigenvalue weighted by Crippen LogP contribution is -2.43. The summed E-state index contributed by atoms with van der Waals surface area (Å²) in [4.78, 5) is 22.5. The van der Waals surface area contributed by atoms with Crippen LogP contribution in [-0.2, 0) is 9.59 Å². The molecule has 0 spiro atoms. The molecule has 0 aliphatic heterocycles. The van der Waals surface area contributed by atoms with Gasteiger partial charge in [0.25, 0.3) is 0 Å². The van der Waals surface area contributed by atoms with Crippen LogP contribution in [0.25, 0.3) is 0 Å². The van der Waals surface area contributed by atoms with Crippen LogP contribution in [0, 0.1) is 0 Å². The molecule has 2 amide bonds. The van der Waals surface area contributed by atoms with E-state index in [0.29, 0.717) is 26.1 Å². The van der Waals surface area contributed by atoms with Crippen LogP contribution in [0.15, 0.2) is 12.7 Å². The third kappa shape index (κ3) is 7.00. The van der Waals surface area contributed by atoms with E-state index in [1.54, 1.807) is 13.0 Å². The van der Waals surface area contributed by atoms with Crippen LogP contribution < -0.4 is 16.0 Å². The van der Waals surface area contributed by atoms with Gasteiger partial charge in [0.05, 0.1) is 6.04 Å². The number of amides is 2. The Morgan fingerprint density at radius 1 is 1.38 bits per heavy atom. The summed E-state index contributed by atoms with van der Waals surface area (Å²) < 4.78 is 0. The monoisotopic (exact) mass is 227 g/mol. The van der Waals surface area contributed by atoms with Gasteiger partial charge in [-0.25, -0.2) is 0 Å². The first kappa shape index (κ1) is 14.6. The van der Waals surface area contributed by atoms with Crippen molar-refractivity contribution in [2.75, 3.05) is 19.6 Å². The molecule has 0 aliphatic rings. The fraction of sp³-hybridized carbons (Fsp3) is 0.636. The topological polar surface area (TPSA) is 70.2 Å². The molecule has 1 atom stereocenters. The fourth-order valence-corrected chi connectivity index (χ4v) is 1.11. The van der Waals surface area contributed by atoms with Crippen LogP contribution in [0.4, 0.5) is 0 Å². The zero-order valence-electron chi connectivity index (χ0n) is 10.0. The van der Waals surface area contributed by atoms with E-state index in [0.717, 1.165) is 0 Å². The molecule has 0 saturated carbocycles. The van der Waals surface area contributed by atoms with E-state index in [4.69, 9.17) is 0 Å². The smallest absolute Gasteiger partial charge is 0.237 e. The van der Waals surface area contributed by atoms with Gasteiger partial charge in [-0.3, -0.25) is 9.59 Å². The molecule has 0 aromatic carbocycles. The van der Waals surface area contributed by atoms with Gasteiger partial charge in [-0.05, 0) is 13.8 Å². The Kier molecular flexibility index (Phi) is 8.15. The Morgan fingerprint density at radius 2 is 2.06 bits per heavy atom. The van der Waals surface area contributed by atoms with Gasteiger partial charge in [-0.1, -0.05) is 6.08 Å². The molecule has 1 unspecified atom stereocenters. The second kappa shape index (κ2) is 8.91. The van der Waals surface area contributed by atoms with Gasteiger partial charge in [0.15, 0.2) is 0 Å². The largest absolute Gasteiger partial charge is 0.356 e. The minimum atomic E-state index is -0.297. The quantitative estimate of drug-likeness (QED) is 0.503. The van der Waals surface area contributed by atoms with E-state index in [1.165, 1.54) is 0 Å². The summed E-state index contributed by atoms with van der Waals surface area (Å²) in [5.74, 6) is -0.0931. The molecule has 5 nitrogen and oxygen atoms in total. The zero-order valence-corrected chi connectivity index (χ0v) is 10.0. The van der Waals surface area contributed by atoms with E-state index in [1.807, 2.05) is 6.92 Å². The van der Waals surface area contributed by atoms with Crippen LogP contribution in [0.2, 0.25) is 0 Å². The number of carbonyl (C=O) groups excluding carboxylic acids is 2. The highest BCUT2D eigenvalue weighted by Gasteiger charge is 2.10. The first-order valence-electron chi connectivity index (χ1n) is 5.50. The van der Waals surface area contributed by atoms with E-state index in [-0.39, 0.29) is 17.9 Å². The standard InChI is InChI=1S/C11H21N3O2/c1-4-7-14-11(16)9(3)13-8-6-10(15)12-5-2/h4,9,13H,1,5-8H2,2-3H3,(H,12,15)(H,14,16). The molecular formula is C11H21N3O2. The highest BCUT2D eigenvalue weighted by molar-refractivity contribution is 5.81. The van der Waals surface area contributed by atoms with E-state index in [2.05, 4.69) is 22.5 Å². The van der Waals surface area contributed by atoms with Crippen molar-refractivity contribution in [3.8, 4) is 0 Å². The SMILES string of the molecule is C=CCNC(=O)C(C)NCCC(=O)NCC. The number of carbonyl (C=O) groups is 2. The molecule has 92 valence electrons. The Hall–Kier alpha value is -1.36. The third-order valence-corrected chi connectivity index (χ3v) is 1.99. The predicted molar refractivity (Wildman–Crippen MR) is 64.0 cm³/mol. The molecular weight excluding hydrogens is 206 g/mol. The van der Waals surface area contributed by atoms with Crippen molar-refractivity contribution in [1.29, 1.82) is 0 Å². The lowest BCUT2D eigenvalue weighted by molar-refractivity contribution is -0.123. The van der Waals surface area contributed by atoms with Gasteiger partial charge in [-0.2, -0.15) is 0 Å². The normalized spacial score (nSPS) is 11.6. The lowest BCUT2D eigenvalue weighted by Gasteiger charge is -2.12. The van der Waals surface area contributed by atoms with Gasteiger partial charge in [0.1, 0.15) is 0 Å². The maximum atomic E-state index is 11.4. The summed E-state index contributed by atoms with van der Waals surface area (Å²) in [5, 5.41) is 8.34. The summed E-state index contributed by atoms with van der Waals surface area (Å²) >= 11 is 0. The average Bonchev–Trinajstić information content (AvgIpc) is 2.26. The van der Waals surface area contributed by atoms with Gasteiger partial charge in [0, 0.05) is 26.1 Å². The van der Waals surface area contributed by atoms with E-state index < -0.39 is 0 Å². The summed E-state index contributed by atoms with van der Waals surface area (Å²) in [6, 6.07) is -0.297. The van der Waals surface area contributed by atoms with Crippen LogP contribution in [0.3, 0.4) is 0 Å². The number of nitrogens with one attached hydrogen (secondary N) is 3. The number of hydrogen-bond donors (Lipinski definition) is 3. The van der Waals surface area contributed by atoms with Gasteiger partial charge in [0.2, 0.25) is 11.8 Å². The molecule has 0 radical (unpaired) electrons. The van der Waals surface area contributed by atoms with E-state index in [9.17, 15) is 9.59 Å². The van der Waals surface area contributed by atoms with Crippen molar-refractivity contribution in [3.05, 3.63) is 12.7 Å². The molecule has 0 aliphatic carbocycles. The van der Waals surface area contributed by atoms with Gasteiger partial charge >= 0.3 is 0 Å². The van der Waals surface area contributed by atoms with Crippen LogP contribution in [0.5, 0.6) is 0 Å². The summed E-state index contributed by atoms with van der Waals surface area (Å²) in [6.45, 7) is 8.73. The fourth-order valence-electron chi connectivity index (χ4n) is 1.11. The maximum Gasteiger partial charge on any atom is 0.237 e. The molecule has 0 aromatic heterocycles. The summed E-state index contributed by atoms with van der Waals surface area (Å²) in [5.41, 5.74) is 0. The molecule has 0 heterocycles. The first-order chi connectivity index (χ1) is 7.61. The highest BCUT2D eigenvalue weighted by Crippen LogP contribution is 1.84. The molecule has 16 heavy (non-hydrogen) atoms. The Bertz CT molecular complexity index is 241. The molecule has 0 rings (SSSR count). The highest BCUT2D eigenvalue weighted by atomic mass is 16.2. The minimum Gasteiger partial charge on any atom is -0.356 e. The Labute approximate surface area is 96.7 Å². The second-order valence-corrected chi connectivity index (χ2v) is 3.41. The van der Waals surface area contributed by atoms with Crippen LogP contribution in [0.1, 0.15) is 20.3 Å². The molecule has 0 saturated heterocycles. The number of rotatable bonds is 8. The lowest BCUT2D eigenvalue weighted by atomic mass is 10.3. The van der Waals surface area contributed by atoms with Crippen molar-refractivity contribution in [2.24, 2.45) is 0 Å². The first-order valence-corrected chi connectivity index (χ1v) is 5.50. The predicted octanol–water partition coefficient (Wildman–Crippen LogP) is -0.207. The minimum absolute atomic E-state index is 0.00583. The zero-order chi connectivity index (χ0) is 12.4. The molecule has 0 fully saturated rings. The summed E-state index contributed by atoms with van der Waals surface area (Å²) in [7, 11) is 0. The Morgan fingerprint density at radius 3 is 2.62 bits per heavy atom. The molecule has 3 N–H and O–H groups in total. The van der Waals surface area contributed by atoms with Gasteiger partial charge in [-0.15, -0.1) is 6.58 Å². The van der Waals surface area contributed by atoms with Crippen molar-refractivity contribution in [2.45, 2.75) is 26.3 Å². The van der Waals surface area contributed by atoms with Crippen molar-refractivity contribution in [1.82, 2.24) is 16.0 Å². The third-order valence-electron chi connectivity index (χ3n) is 1.99. The van der Waals surface area contributed by atoms with E-state index >= 15 is 0 Å². The van der Waals surface area contributed by atoms with Crippen molar-refractivity contribution < 1.29 is 9.59 Å². The second-order valence-electron chi connectivity index (χ2n) is 3.41. The molecule has 0 aromatic rings. The molecule has 0 bridgehead atoms. The van der Waals surface area contributed by atoms with Crippen molar-refractivity contribution >= 4 is 11.8 Å². The van der Waals surface area contributed by atoms with Crippen molar-refractivity contribution in [3.63, 3.8) is 0 Å². The van der Waals surface area contributed by atoms with Crippen LogP contribution in [-0.4, -0.2) is 37.5 Å². The number of hydrogen-bond acceptors (Lipinski definition) is 3. The maximum absolute atomic E-state index is 11.4. The average molecular weight is 227 g/mol. The summed E-state index contributed by atoms with van der Waals surface area (Å²) in [6.07, 6.45) is 2.01. The molecule has 5 heteroatoms.